The Kier molecular flexibility index (Phi) is 12.2. The van der Waals surface area contributed by atoms with Crippen molar-refractivity contribution >= 4 is 11.0 Å². The van der Waals surface area contributed by atoms with E-state index in [0.717, 1.165) is 90.0 Å². The molecule has 1 N–H and O–H groups in total. The normalized spacial score (nSPS) is 12.9. The Labute approximate surface area is 429 Å². The smallest absolute Gasteiger partial charge is 0.149 e. The lowest BCUT2D eigenvalue weighted by molar-refractivity contribution is 0.479. The highest BCUT2D eigenvalue weighted by molar-refractivity contribution is 5.99. The summed E-state index contributed by atoms with van der Waals surface area (Å²) in [6.45, 7) is 4.57. The number of phenolic OH excluding ortho intramolecular Hbond substituents is 1. The predicted octanol–water partition coefficient (Wildman–Crippen LogP) is 17.9. The topological polar surface area (TPSA) is 50.9 Å². The van der Waals surface area contributed by atoms with E-state index in [1.165, 1.54) is 42.4 Å². The summed E-state index contributed by atoms with van der Waals surface area (Å²) in [5.41, 5.74) is 19.6. The lowest BCUT2D eigenvalue weighted by atomic mass is 9.78. The van der Waals surface area contributed by atoms with Gasteiger partial charge in [-0.05, 0) is 123 Å². The molecule has 1 saturated carbocycles. The molecule has 0 amide bonds. The maximum atomic E-state index is 12.4. The third kappa shape index (κ3) is 8.95. The van der Waals surface area contributed by atoms with Crippen molar-refractivity contribution in [2.75, 3.05) is 0 Å². The average Bonchev–Trinajstić information content (AvgIpc) is 4.12. The number of fused-ring (bicyclic) bond motifs is 1. The zero-order chi connectivity index (χ0) is 49.3. The fourth-order valence-corrected chi connectivity index (χ4v) is 11.2. The number of aromatic hydroxyl groups is 1. The SMILES string of the molecule is CC(C)(c1ccccc1)c1ccc(-c2ccnc(-c3cc(-c4ccccc4)cc(-c4cccc5c4nc(-c4cccc(-c6ccccc6)c4O)n5-c4ccc(CC5CCCC5)cc4-c4ccccc4)c3)c2)cc1. The van der Waals surface area contributed by atoms with Crippen LogP contribution in [0, 0.1) is 5.92 Å². The molecule has 4 heteroatoms. The van der Waals surface area contributed by atoms with Crippen LogP contribution in [-0.2, 0) is 11.8 Å². The van der Waals surface area contributed by atoms with Crippen LogP contribution in [-0.4, -0.2) is 19.6 Å². The summed E-state index contributed by atoms with van der Waals surface area (Å²) in [6, 6.07) is 81.8. The van der Waals surface area contributed by atoms with Gasteiger partial charge in [-0.15, -0.1) is 0 Å². The molecule has 0 radical (unpaired) electrons. The van der Waals surface area contributed by atoms with Crippen LogP contribution < -0.4 is 0 Å². The summed E-state index contributed by atoms with van der Waals surface area (Å²) in [7, 11) is 0. The molecule has 0 unspecified atom stereocenters. The van der Waals surface area contributed by atoms with Gasteiger partial charge in [-0.2, -0.15) is 0 Å². The maximum Gasteiger partial charge on any atom is 0.149 e. The number of pyridine rings is 1. The van der Waals surface area contributed by atoms with Crippen LogP contribution in [0.5, 0.6) is 5.75 Å². The molecule has 1 aliphatic rings. The van der Waals surface area contributed by atoms with Crippen molar-refractivity contribution in [1.29, 1.82) is 0 Å². The number of phenols is 1. The van der Waals surface area contributed by atoms with Gasteiger partial charge in [0.05, 0.1) is 28.0 Å². The first-order valence-electron chi connectivity index (χ1n) is 25.8. The van der Waals surface area contributed by atoms with Crippen LogP contribution in [0.3, 0.4) is 0 Å². The average molecular weight is 944 g/mol. The molecule has 1 fully saturated rings. The number of imidazole rings is 1. The summed E-state index contributed by atoms with van der Waals surface area (Å²) >= 11 is 0. The first kappa shape index (κ1) is 45.5. The monoisotopic (exact) mass is 943 g/mol. The maximum absolute atomic E-state index is 12.4. The molecule has 0 bridgehead atoms. The molecule has 11 aromatic rings. The van der Waals surface area contributed by atoms with Crippen LogP contribution in [0.1, 0.15) is 56.2 Å². The predicted molar refractivity (Wildman–Crippen MR) is 303 cm³/mol. The second-order valence-electron chi connectivity index (χ2n) is 20.2. The van der Waals surface area contributed by atoms with Crippen molar-refractivity contribution in [2.45, 2.75) is 51.4 Å². The molecule has 0 atom stereocenters. The van der Waals surface area contributed by atoms with Crippen molar-refractivity contribution < 1.29 is 5.11 Å². The van der Waals surface area contributed by atoms with Gasteiger partial charge in [0.25, 0.3) is 0 Å². The third-order valence-electron chi connectivity index (χ3n) is 15.3. The fourth-order valence-electron chi connectivity index (χ4n) is 11.2. The van der Waals surface area contributed by atoms with Gasteiger partial charge in [0.1, 0.15) is 11.6 Å². The standard InChI is InChI=1S/C69H57N3O/c1-69(2,57-27-13-6-14-28-57)58-36-34-50(35-37-58)53-39-40-70-63(46-53)56-44-54(49-21-7-3-8-22-49)43-55(45-56)59-29-18-32-65-66(59)71-68(61-31-17-30-60(67(61)73)51-23-9-4-10-24-51)72(65)64-38-33-48(41-47-19-15-16-20-47)42-62(64)52-25-11-5-12-26-52/h3-14,17-18,21-40,42-47,73H,15-16,19-20,41H2,1-2H3. The first-order chi connectivity index (χ1) is 35.9. The molecule has 73 heavy (non-hydrogen) atoms. The first-order valence-corrected chi connectivity index (χ1v) is 25.8. The molecule has 0 spiro atoms. The number of nitrogens with zero attached hydrogens (tertiary/aromatic N) is 3. The zero-order valence-electron chi connectivity index (χ0n) is 41.4. The highest BCUT2D eigenvalue weighted by Gasteiger charge is 2.26. The molecular weight excluding hydrogens is 887 g/mol. The van der Waals surface area contributed by atoms with Gasteiger partial charge in [0.2, 0.25) is 0 Å². The summed E-state index contributed by atoms with van der Waals surface area (Å²) in [5, 5.41) is 12.4. The number of benzene rings is 9. The quantitative estimate of drug-likeness (QED) is 0.133. The Bertz CT molecular complexity index is 3720. The lowest BCUT2D eigenvalue weighted by Gasteiger charge is -2.26. The van der Waals surface area contributed by atoms with E-state index in [1.54, 1.807) is 0 Å². The molecule has 0 aliphatic heterocycles. The number of hydrogen-bond acceptors (Lipinski definition) is 3. The van der Waals surface area contributed by atoms with E-state index in [2.05, 4.69) is 200 Å². The minimum absolute atomic E-state index is 0.132. The summed E-state index contributed by atoms with van der Waals surface area (Å²) < 4.78 is 2.28. The summed E-state index contributed by atoms with van der Waals surface area (Å²) in [4.78, 5) is 10.7. The summed E-state index contributed by atoms with van der Waals surface area (Å²) in [6.07, 6.45) is 8.20. The van der Waals surface area contributed by atoms with Crippen LogP contribution in [0.25, 0.3) is 95.0 Å². The molecule has 2 heterocycles. The van der Waals surface area contributed by atoms with Crippen molar-refractivity contribution in [3.05, 3.63) is 253 Å². The molecule has 1 aliphatic carbocycles. The number of hydrogen-bond donors (Lipinski definition) is 1. The number of rotatable bonds is 12. The molecule has 0 saturated heterocycles. The molecule has 4 nitrogen and oxygen atoms in total. The largest absolute Gasteiger partial charge is 0.507 e. The summed E-state index contributed by atoms with van der Waals surface area (Å²) in [5.74, 6) is 1.57. The van der Waals surface area contributed by atoms with Gasteiger partial charge >= 0.3 is 0 Å². The van der Waals surface area contributed by atoms with E-state index < -0.39 is 0 Å². The minimum atomic E-state index is -0.132. The molecule has 2 aromatic heterocycles. The Morgan fingerprint density at radius 3 is 1.75 bits per heavy atom. The van der Waals surface area contributed by atoms with E-state index in [9.17, 15) is 5.11 Å². The number of aromatic nitrogens is 3. The lowest BCUT2D eigenvalue weighted by Crippen LogP contribution is -2.18. The Morgan fingerprint density at radius 1 is 0.466 bits per heavy atom. The van der Waals surface area contributed by atoms with E-state index in [1.807, 2.05) is 54.7 Å². The van der Waals surface area contributed by atoms with E-state index in [0.29, 0.717) is 17.3 Å². The Hall–Kier alpha value is -8.60. The van der Waals surface area contributed by atoms with Crippen molar-refractivity contribution in [3.8, 4) is 89.7 Å². The second kappa shape index (κ2) is 19.5. The van der Waals surface area contributed by atoms with Crippen molar-refractivity contribution in [3.63, 3.8) is 0 Å². The minimum Gasteiger partial charge on any atom is -0.507 e. The van der Waals surface area contributed by atoms with Gasteiger partial charge in [0, 0.05) is 33.9 Å². The fraction of sp³-hybridized carbons (Fsp3) is 0.130. The third-order valence-corrected chi connectivity index (χ3v) is 15.3. The number of para-hydroxylation sites is 2. The van der Waals surface area contributed by atoms with Gasteiger partial charge in [-0.1, -0.05) is 215 Å². The van der Waals surface area contributed by atoms with E-state index in [4.69, 9.17) is 9.97 Å². The van der Waals surface area contributed by atoms with E-state index in [-0.39, 0.29) is 11.2 Å². The zero-order valence-corrected chi connectivity index (χ0v) is 41.4. The van der Waals surface area contributed by atoms with Gasteiger partial charge in [-0.25, -0.2) is 4.98 Å². The van der Waals surface area contributed by atoms with Crippen molar-refractivity contribution in [2.24, 2.45) is 5.92 Å². The second-order valence-corrected chi connectivity index (χ2v) is 20.2. The molecular formula is C69H57N3O. The van der Waals surface area contributed by atoms with E-state index >= 15 is 0 Å². The van der Waals surface area contributed by atoms with Crippen LogP contribution in [0.15, 0.2) is 237 Å². The molecule has 354 valence electrons. The Morgan fingerprint density at radius 2 is 1.04 bits per heavy atom. The van der Waals surface area contributed by atoms with Gasteiger partial charge < -0.3 is 5.11 Å². The van der Waals surface area contributed by atoms with Crippen LogP contribution in [0.2, 0.25) is 0 Å². The molecule has 9 aromatic carbocycles. The van der Waals surface area contributed by atoms with Gasteiger partial charge in [0.15, 0.2) is 0 Å². The van der Waals surface area contributed by atoms with Crippen LogP contribution >= 0.6 is 0 Å². The van der Waals surface area contributed by atoms with Crippen molar-refractivity contribution in [1.82, 2.24) is 14.5 Å². The highest BCUT2D eigenvalue weighted by Crippen LogP contribution is 2.45. The molecule has 12 rings (SSSR count). The highest BCUT2D eigenvalue weighted by atomic mass is 16.3. The van der Waals surface area contributed by atoms with Crippen LogP contribution in [0.4, 0.5) is 0 Å². The Balaban J connectivity index is 1.03. The van der Waals surface area contributed by atoms with Gasteiger partial charge in [-0.3, -0.25) is 9.55 Å².